The number of aromatic nitrogens is 3. The number of rotatable bonds is 6. The molecule has 0 saturated heterocycles. The summed E-state index contributed by atoms with van der Waals surface area (Å²) in [7, 11) is 0. The molecule has 1 N–H and O–H groups in total. The molecule has 2 unspecified atom stereocenters. The lowest BCUT2D eigenvalue weighted by molar-refractivity contribution is 0.143. The summed E-state index contributed by atoms with van der Waals surface area (Å²) in [6.45, 7) is 5.13. The van der Waals surface area contributed by atoms with Crippen molar-refractivity contribution in [3.05, 3.63) is 34.9 Å². The van der Waals surface area contributed by atoms with Crippen LogP contribution in [0.4, 0.5) is 0 Å². The van der Waals surface area contributed by atoms with Crippen LogP contribution in [0.1, 0.15) is 51.0 Å². The van der Waals surface area contributed by atoms with Gasteiger partial charge in [0.2, 0.25) is 0 Å². The average Bonchev–Trinajstić information content (AvgIpc) is 3.30. The lowest BCUT2D eigenvalue weighted by Crippen LogP contribution is -2.20. The molecule has 3 aromatic rings. The Balaban J connectivity index is 1.36. The summed E-state index contributed by atoms with van der Waals surface area (Å²) < 4.78 is 12.1. The monoisotopic (exact) mass is 425 g/mol. The molecule has 5 rings (SSSR count). The number of nitrogens with zero attached hydrogens (tertiary/aromatic N) is 2. The largest absolute Gasteiger partial charge is 0.493 e. The number of aromatic amines is 1. The van der Waals surface area contributed by atoms with Gasteiger partial charge < -0.3 is 14.5 Å². The van der Waals surface area contributed by atoms with Crippen LogP contribution in [0.3, 0.4) is 0 Å². The van der Waals surface area contributed by atoms with Crippen molar-refractivity contribution in [2.45, 2.75) is 58.5 Å². The molecule has 2 aliphatic carbocycles. The van der Waals surface area contributed by atoms with Crippen LogP contribution in [0.15, 0.2) is 24.3 Å². The molecule has 0 amide bonds. The normalized spacial score (nSPS) is 21.7. The number of pyridine rings is 1. The number of nitrogens with one attached hydrogen (secondary N) is 1. The summed E-state index contributed by atoms with van der Waals surface area (Å²) in [5.74, 6) is 2.42. The summed E-state index contributed by atoms with van der Waals surface area (Å²) in [4.78, 5) is 12.5. The highest BCUT2D eigenvalue weighted by Crippen LogP contribution is 2.38. The van der Waals surface area contributed by atoms with Crippen molar-refractivity contribution < 1.29 is 9.47 Å². The van der Waals surface area contributed by atoms with Crippen LogP contribution in [-0.4, -0.2) is 27.7 Å². The van der Waals surface area contributed by atoms with Gasteiger partial charge in [-0.25, -0.2) is 4.98 Å². The summed E-state index contributed by atoms with van der Waals surface area (Å²) in [6.07, 6.45) is 7.42. The number of ether oxygens (including phenoxy) is 2. The Bertz CT molecular complexity index is 1060. The van der Waals surface area contributed by atoms with Crippen molar-refractivity contribution >= 4 is 22.8 Å². The van der Waals surface area contributed by atoms with Gasteiger partial charge in [-0.1, -0.05) is 24.9 Å². The maximum Gasteiger partial charge on any atom is 0.296 e. The van der Waals surface area contributed by atoms with Crippen LogP contribution in [0.5, 0.6) is 11.8 Å². The number of H-pyrrole nitrogens is 1. The topological polar surface area (TPSA) is 60.0 Å². The molecule has 158 valence electrons. The average molecular weight is 426 g/mol. The van der Waals surface area contributed by atoms with Gasteiger partial charge in [-0.2, -0.15) is 4.98 Å². The Morgan fingerprint density at radius 3 is 2.67 bits per heavy atom. The second-order valence-corrected chi connectivity index (χ2v) is 9.28. The van der Waals surface area contributed by atoms with Crippen molar-refractivity contribution in [3.63, 3.8) is 0 Å². The van der Waals surface area contributed by atoms with Crippen LogP contribution in [-0.2, 0) is 0 Å². The first kappa shape index (κ1) is 19.7. The van der Waals surface area contributed by atoms with Gasteiger partial charge >= 0.3 is 0 Å². The van der Waals surface area contributed by atoms with Crippen LogP contribution in [0.2, 0.25) is 5.02 Å². The molecule has 5 nitrogen and oxygen atoms in total. The van der Waals surface area contributed by atoms with Gasteiger partial charge in [0.05, 0.1) is 22.8 Å². The number of imidazole rings is 1. The molecule has 30 heavy (non-hydrogen) atoms. The Morgan fingerprint density at radius 1 is 1.13 bits per heavy atom. The second-order valence-electron chi connectivity index (χ2n) is 8.87. The molecule has 2 fully saturated rings. The molecule has 2 aliphatic rings. The summed E-state index contributed by atoms with van der Waals surface area (Å²) in [6, 6.07) is 8.53. The maximum atomic E-state index is 6.58. The minimum Gasteiger partial charge on any atom is -0.493 e. The zero-order valence-electron chi connectivity index (χ0n) is 17.6. The van der Waals surface area contributed by atoms with E-state index in [1.807, 2.05) is 18.2 Å². The first-order valence-corrected chi connectivity index (χ1v) is 11.4. The summed E-state index contributed by atoms with van der Waals surface area (Å²) in [5.41, 5.74) is 4.20. The summed E-state index contributed by atoms with van der Waals surface area (Å²) >= 11 is 6.58. The standard InChI is InChI=1S/C24H28ClN3O2/c1-14-10-17(14)13-29-21-9-8-16(11-15(21)2)22-19(25)12-20-23(27-22)28-24(26-20)30-18-6-4-3-5-7-18/h8-9,11-12,14,17-18H,3-7,10,13H2,1-2H3,(H,26,27,28). The van der Waals surface area contributed by atoms with E-state index < -0.39 is 0 Å². The third-order valence-electron chi connectivity index (χ3n) is 6.41. The highest BCUT2D eigenvalue weighted by Gasteiger charge is 2.33. The number of aryl methyl sites for hydroxylation is 1. The molecule has 0 spiro atoms. The lowest BCUT2D eigenvalue weighted by atomic mass is 9.98. The van der Waals surface area contributed by atoms with Gasteiger partial charge in [-0.15, -0.1) is 0 Å². The maximum absolute atomic E-state index is 6.58. The Kier molecular flexibility index (Phi) is 5.32. The van der Waals surface area contributed by atoms with Gasteiger partial charge in [-0.3, -0.25) is 0 Å². The zero-order chi connectivity index (χ0) is 20.7. The van der Waals surface area contributed by atoms with E-state index in [-0.39, 0.29) is 6.10 Å². The number of hydrogen-bond acceptors (Lipinski definition) is 4. The molecule has 0 aliphatic heterocycles. The third kappa shape index (κ3) is 4.13. The van der Waals surface area contributed by atoms with Gasteiger partial charge in [0.15, 0.2) is 5.65 Å². The van der Waals surface area contributed by atoms with E-state index in [4.69, 9.17) is 26.1 Å². The van der Waals surface area contributed by atoms with E-state index in [0.717, 1.165) is 53.5 Å². The quantitative estimate of drug-likeness (QED) is 0.501. The molecule has 2 saturated carbocycles. The highest BCUT2D eigenvalue weighted by atomic mass is 35.5. The van der Waals surface area contributed by atoms with Crippen molar-refractivity contribution in [3.8, 4) is 23.0 Å². The zero-order valence-corrected chi connectivity index (χ0v) is 18.3. The van der Waals surface area contributed by atoms with Gasteiger partial charge in [-0.05, 0) is 80.7 Å². The molecule has 6 heteroatoms. The predicted octanol–water partition coefficient (Wildman–Crippen LogP) is 6.33. The first-order chi connectivity index (χ1) is 14.6. The number of benzene rings is 1. The van der Waals surface area contributed by atoms with Crippen LogP contribution in [0.25, 0.3) is 22.4 Å². The fraction of sp³-hybridized carbons (Fsp3) is 0.500. The smallest absolute Gasteiger partial charge is 0.296 e. The van der Waals surface area contributed by atoms with Gasteiger partial charge in [0.25, 0.3) is 6.01 Å². The highest BCUT2D eigenvalue weighted by molar-refractivity contribution is 6.33. The van der Waals surface area contributed by atoms with Crippen molar-refractivity contribution in [1.82, 2.24) is 15.0 Å². The van der Waals surface area contributed by atoms with Crippen LogP contribution >= 0.6 is 11.6 Å². The molecular formula is C24H28ClN3O2. The van der Waals surface area contributed by atoms with Gasteiger partial charge in [0.1, 0.15) is 11.9 Å². The van der Waals surface area contributed by atoms with Crippen molar-refractivity contribution in [1.29, 1.82) is 0 Å². The summed E-state index contributed by atoms with van der Waals surface area (Å²) in [5, 5.41) is 0.593. The Hall–Kier alpha value is -2.27. The first-order valence-electron chi connectivity index (χ1n) is 11.0. The fourth-order valence-corrected chi connectivity index (χ4v) is 4.54. The van der Waals surface area contributed by atoms with E-state index in [0.29, 0.717) is 22.6 Å². The number of halogens is 1. The van der Waals surface area contributed by atoms with Gasteiger partial charge in [0, 0.05) is 5.56 Å². The Morgan fingerprint density at radius 2 is 1.93 bits per heavy atom. The molecule has 2 aromatic heterocycles. The van der Waals surface area contributed by atoms with E-state index in [1.165, 1.54) is 25.7 Å². The van der Waals surface area contributed by atoms with E-state index in [2.05, 4.69) is 29.9 Å². The Labute approximate surface area is 182 Å². The van der Waals surface area contributed by atoms with E-state index in [9.17, 15) is 0 Å². The minimum absolute atomic E-state index is 0.239. The van der Waals surface area contributed by atoms with Crippen molar-refractivity contribution in [2.75, 3.05) is 6.61 Å². The third-order valence-corrected chi connectivity index (χ3v) is 6.70. The molecular weight excluding hydrogens is 398 g/mol. The lowest BCUT2D eigenvalue weighted by Gasteiger charge is -2.21. The molecule has 2 heterocycles. The van der Waals surface area contributed by atoms with E-state index >= 15 is 0 Å². The molecule has 0 radical (unpaired) electrons. The van der Waals surface area contributed by atoms with E-state index in [1.54, 1.807) is 0 Å². The SMILES string of the molecule is Cc1cc(-c2nc3nc(OC4CCCCC4)[nH]c3cc2Cl)ccc1OCC1CC1C. The van der Waals surface area contributed by atoms with Crippen LogP contribution in [0, 0.1) is 18.8 Å². The molecule has 2 atom stereocenters. The minimum atomic E-state index is 0.239. The molecule has 1 aromatic carbocycles. The fourth-order valence-electron chi connectivity index (χ4n) is 4.28. The molecule has 0 bridgehead atoms. The number of hydrogen-bond donors (Lipinski definition) is 1. The second kappa shape index (κ2) is 8.10. The van der Waals surface area contributed by atoms with Crippen molar-refractivity contribution in [2.24, 2.45) is 11.8 Å². The number of fused-ring (bicyclic) bond motifs is 1. The van der Waals surface area contributed by atoms with Crippen LogP contribution < -0.4 is 9.47 Å². The predicted molar refractivity (Wildman–Crippen MR) is 119 cm³/mol.